The third-order valence-corrected chi connectivity index (χ3v) is 3.10. The smallest absolute Gasteiger partial charge is 0.133 e. The van der Waals surface area contributed by atoms with Crippen molar-refractivity contribution in [1.82, 2.24) is 10.2 Å². The molecule has 0 aliphatic heterocycles. The van der Waals surface area contributed by atoms with E-state index in [0.717, 1.165) is 17.9 Å². The fourth-order valence-electron chi connectivity index (χ4n) is 1.36. The van der Waals surface area contributed by atoms with Gasteiger partial charge in [0.1, 0.15) is 12.4 Å². The van der Waals surface area contributed by atoms with Crippen LogP contribution in [0.15, 0.2) is 16.7 Å². The molecule has 0 amide bonds. The van der Waals surface area contributed by atoms with Crippen molar-refractivity contribution in [2.75, 3.05) is 27.7 Å². The van der Waals surface area contributed by atoms with Gasteiger partial charge in [0, 0.05) is 17.6 Å². The van der Waals surface area contributed by atoms with Gasteiger partial charge in [-0.15, -0.1) is 0 Å². The Kier molecular flexibility index (Phi) is 5.18. The molecule has 0 aliphatic carbocycles. The zero-order chi connectivity index (χ0) is 12.9. The minimum absolute atomic E-state index is 0.0375. The van der Waals surface area contributed by atoms with E-state index >= 15 is 0 Å². The summed E-state index contributed by atoms with van der Waals surface area (Å²) in [5.74, 6) is 0.911. The van der Waals surface area contributed by atoms with Crippen molar-refractivity contribution < 1.29 is 9.15 Å². The predicted octanol–water partition coefficient (Wildman–Crippen LogP) is 1.86. The van der Waals surface area contributed by atoms with Gasteiger partial charge in [0.05, 0.1) is 12.9 Å². The molecule has 0 bridgehead atoms. The van der Waals surface area contributed by atoms with Gasteiger partial charge in [0.25, 0.3) is 0 Å². The molecule has 0 aromatic carbocycles. The fourth-order valence-corrected chi connectivity index (χ4v) is 1.36. The van der Waals surface area contributed by atoms with Crippen LogP contribution in [-0.2, 0) is 17.9 Å². The Hall–Kier alpha value is -0.840. The number of hydrogen-bond donors (Lipinski definition) is 1. The second-order valence-corrected chi connectivity index (χ2v) is 5.10. The highest BCUT2D eigenvalue weighted by molar-refractivity contribution is 5.15. The summed E-state index contributed by atoms with van der Waals surface area (Å²) in [6.07, 6.45) is 1.71. The molecule has 0 saturated carbocycles. The van der Waals surface area contributed by atoms with Gasteiger partial charge in [-0.2, -0.15) is 0 Å². The van der Waals surface area contributed by atoms with Gasteiger partial charge in [-0.25, -0.2) is 0 Å². The zero-order valence-corrected chi connectivity index (χ0v) is 11.5. The van der Waals surface area contributed by atoms with Crippen molar-refractivity contribution in [3.63, 3.8) is 0 Å². The summed E-state index contributed by atoms with van der Waals surface area (Å²) in [6.45, 7) is 6.33. The normalized spacial score (nSPS) is 12.4. The number of furan rings is 1. The fraction of sp³-hybridized carbons (Fsp3) is 0.692. The molecule has 1 aromatic rings. The zero-order valence-electron chi connectivity index (χ0n) is 11.5. The van der Waals surface area contributed by atoms with Gasteiger partial charge < -0.3 is 19.4 Å². The number of likely N-dealkylation sites (N-methyl/N-ethyl adjacent to an activating group) is 1. The second-order valence-electron chi connectivity index (χ2n) is 5.10. The van der Waals surface area contributed by atoms with Crippen molar-refractivity contribution in [3.8, 4) is 0 Å². The first kappa shape index (κ1) is 14.2. The van der Waals surface area contributed by atoms with Crippen molar-refractivity contribution in [1.29, 1.82) is 0 Å². The van der Waals surface area contributed by atoms with Gasteiger partial charge in [-0.05, 0) is 41.1 Å². The van der Waals surface area contributed by atoms with Crippen LogP contribution in [0.3, 0.4) is 0 Å². The minimum Gasteiger partial charge on any atom is -0.467 e. The van der Waals surface area contributed by atoms with Crippen LogP contribution in [-0.4, -0.2) is 38.2 Å². The molecule has 1 heterocycles. The van der Waals surface area contributed by atoms with E-state index in [0.29, 0.717) is 13.2 Å². The van der Waals surface area contributed by atoms with Gasteiger partial charge in [-0.1, -0.05) is 0 Å². The molecule has 0 spiro atoms. The Morgan fingerprint density at radius 3 is 2.71 bits per heavy atom. The van der Waals surface area contributed by atoms with E-state index in [1.807, 2.05) is 13.1 Å². The summed E-state index contributed by atoms with van der Waals surface area (Å²) in [5.41, 5.74) is 1.20. The first-order valence-corrected chi connectivity index (χ1v) is 5.92. The minimum atomic E-state index is 0.0375. The number of ether oxygens (including phenoxy) is 1. The molecule has 98 valence electrons. The van der Waals surface area contributed by atoms with Crippen LogP contribution in [0.4, 0.5) is 0 Å². The summed E-state index contributed by atoms with van der Waals surface area (Å²) >= 11 is 0. The summed E-state index contributed by atoms with van der Waals surface area (Å²) in [4.78, 5) is 2.16. The monoisotopic (exact) mass is 240 g/mol. The molecule has 0 radical (unpaired) electrons. The summed E-state index contributed by atoms with van der Waals surface area (Å²) in [5, 5.41) is 3.11. The molecule has 0 saturated heterocycles. The molecular formula is C13H24N2O2. The average molecular weight is 240 g/mol. The van der Waals surface area contributed by atoms with Crippen LogP contribution in [0.1, 0.15) is 25.2 Å². The lowest BCUT2D eigenvalue weighted by molar-refractivity contribution is 0.0206. The molecular weight excluding hydrogens is 216 g/mol. The quantitative estimate of drug-likeness (QED) is 0.789. The van der Waals surface area contributed by atoms with Crippen molar-refractivity contribution >= 4 is 0 Å². The van der Waals surface area contributed by atoms with Crippen molar-refractivity contribution in [2.45, 2.75) is 32.5 Å². The molecule has 0 fully saturated rings. The lowest BCUT2D eigenvalue weighted by Crippen LogP contribution is -2.42. The summed E-state index contributed by atoms with van der Waals surface area (Å²) in [7, 11) is 6.04. The topological polar surface area (TPSA) is 37.6 Å². The Labute approximate surface area is 104 Å². The molecule has 1 aromatic heterocycles. The highest BCUT2D eigenvalue weighted by Gasteiger charge is 2.20. The highest BCUT2D eigenvalue weighted by Crippen LogP contribution is 2.15. The Morgan fingerprint density at radius 1 is 1.41 bits per heavy atom. The van der Waals surface area contributed by atoms with E-state index in [2.05, 4.69) is 38.2 Å². The maximum atomic E-state index is 5.73. The molecule has 4 heteroatoms. The number of rotatable bonds is 7. The Bertz CT molecular complexity index is 332. The molecule has 0 unspecified atom stereocenters. The van der Waals surface area contributed by atoms with E-state index in [4.69, 9.17) is 9.15 Å². The van der Waals surface area contributed by atoms with Crippen LogP contribution in [0.5, 0.6) is 0 Å². The van der Waals surface area contributed by atoms with Gasteiger partial charge in [0.2, 0.25) is 0 Å². The largest absolute Gasteiger partial charge is 0.467 e. The molecule has 17 heavy (non-hydrogen) atoms. The highest BCUT2D eigenvalue weighted by atomic mass is 16.5. The Balaban J connectivity index is 2.43. The third kappa shape index (κ3) is 4.15. The van der Waals surface area contributed by atoms with Crippen molar-refractivity contribution in [2.24, 2.45) is 0 Å². The van der Waals surface area contributed by atoms with E-state index in [9.17, 15) is 0 Å². The van der Waals surface area contributed by atoms with E-state index in [1.165, 1.54) is 0 Å². The first-order chi connectivity index (χ1) is 7.97. The van der Waals surface area contributed by atoms with Gasteiger partial charge in [-0.3, -0.25) is 0 Å². The van der Waals surface area contributed by atoms with Crippen LogP contribution in [0.25, 0.3) is 0 Å². The number of nitrogens with zero attached hydrogens (tertiary/aromatic N) is 1. The molecule has 0 atom stereocenters. The molecule has 1 rings (SSSR count). The SMILES string of the molecule is CNCc1ccoc1COCC(C)(C)N(C)C. The van der Waals surface area contributed by atoms with Gasteiger partial charge in [0.15, 0.2) is 0 Å². The summed E-state index contributed by atoms with van der Waals surface area (Å²) < 4.78 is 11.1. The molecule has 0 aliphatic rings. The van der Waals surface area contributed by atoms with Crippen molar-refractivity contribution in [3.05, 3.63) is 23.7 Å². The van der Waals surface area contributed by atoms with Crippen LogP contribution < -0.4 is 5.32 Å². The van der Waals surface area contributed by atoms with E-state index in [1.54, 1.807) is 6.26 Å². The third-order valence-electron chi connectivity index (χ3n) is 3.10. The van der Waals surface area contributed by atoms with Gasteiger partial charge >= 0.3 is 0 Å². The second kappa shape index (κ2) is 6.19. The predicted molar refractivity (Wildman–Crippen MR) is 68.9 cm³/mol. The average Bonchev–Trinajstić information content (AvgIpc) is 2.66. The maximum absolute atomic E-state index is 5.73. The van der Waals surface area contributed by atoms with E-state index < -0.39 is 0 Å². The van der Waals surface area contributed by atoms with E-state index in [-0.39, 0.29) is 5.54 Å². The molecule has 4 nitrogen and oxygen atoms in total. The Morgan fingerprint density at radius 2 is 2.12 bits per heavy atom. The first-order valence-electron chi connectivity index (χ1n) is 5.92. The van der Waals surface area contributed by atoms with Crippen LogP contribution >= 0.6 is 0 Å². The summed E-state index contributed by atoms with van der Waals surface area (Å²) in [6, 6.07) is 1.98. The van der Waals surface area contributed by atoms with Crippen LogP contribution in [0, 0.1) is 0 Å². The molecule has 1 N–H and O–H groups in total. The number of nitrogens with one attached hydrogen (secondary N) is 1. The number of hydrogen-bond acceptors (Lipinski definition) is 4. The lowest BCUT2D eigenvalue weighted by atomic mass is 10.1. The standard InChI is InChI=1S/C13H24N2O2/c1-13(2,15(4)5)10-16-9-12-11(8-14-3)6-7-17-12/h6-7,14H,8-10H2,1-5H3. The lowest BCUT2D eigenvalue weighted by Gasteiger charge is -2.32. The maximum Gasteiger partial charge on any atom is 0.133 e. The van der Waals surface area contributed by atoms with Crippen LogP contribution in [0.2, 0.25) is 0 Å².